The Morgan fingerprint density at radius 2 is 1.93 bits per heavy atom. The molecule has 0 radical (unpaired) electrons. The molecule has 0 saturated heterocycles. The summed E-state index contributed by atoms with van der Waals surface area (Å²) in [6.45, 7) is 5.64. The van der Waals surface area contributed by atoms with E-state index in [1.165, 1.54) is 24.2 Å². The van der Waals surface area contributed by atoms with E-state index in [1.807, 2.05) is 39.0 Å². The Kier molecular flexibility index (Phi) is 6.48. The first-order chi connectivity index (χ1) is 13.8. The average Bonchev–Trinajstić information content (AvgIpc) is 2.78. The normalized spacial score (nSPS) is 23.0. The fraction of sp³-hybridized carbons (Fsp3) is 0.636. The molecule has 1 heterocycles. The van der Waals surface area contributed by atoms with Gasteiger partial charge in [0.2, 0.25) is 11.8 Å². The molecule has 2 atom stereocenters. The molecule has 1 aromatic rings. The lowest BCUT2D eigenvalue weighted by molar-refractivity contribution is -0.125. The van der Waals surface area contributed by atoms with Gasteiger partial charge in [-0.3, -0.25) is 9.59 Å². The monoisotopic (exact) mass is 397 g/mol. The Hall–Kier alpha value is -2.53. The quantitative estimate of drug-likeness (QED) is 0.453. The first-order valence-electron chi connectivity index (χ1n) is 10.6. The van der Waals surface area contributed by atoms with E-state index in [9.17, 15) is 9.59 Å². The van der Waals surface area contributed by atoms with Crippen LogP contribution in [0.15, 0.2) is 29.4 Å². The van der Waals surface area contributed by atoms with Crippen LogP contribution in [-0.2, 0) is 9.59 Å². The molecular formula is C22H31N5O2. The number of anilines is 1. The summed E-state index contributed by atoms with van der Waals surface area (Å²) < 4.78 is 0. The van der Waals surface area contributed by atoms with Gasteiger partial charge < -0.3 is 10.2 Å². The fourth-order valence-electron chi connectivity index (χ4n) is 4.72. The number of rotatable bonds is 4. The van der Waals surface area contributed by atoms with Gasteiger partial charge in [0, 0.05) is 16.1 Å². The molecule has 2 aliphatic rings. The Morgan fingerprint density at radius 1 is 1.24 bits per heavy atom. The van der Waals surface area contributed by atoms with E-state index in [1.54, 1.807) is 0 Å². The zero-order chi connectivity index (χ0) is 21.0. The van der Waals surface area contributed by atoms with Crippen LogP contribution >= 0.6 is 0 Å². The minimum absolute atomic E-state index is 0.0814. The van der Waals surface area contributed by atoms with Crippen molar-refractivity contribution in [2.75, 3.05) is 11.4 Å². The number of amides is 2. The van der Waals surface area contributed by atoms with E-state index >= 15 is 0 Å². The summed E-state index contributed by atoms with van der Waals surface area (Å²) >= 11 is 0. The van der Waals surface area contributed by atoms with Gasteiger partial charge in [-0.15, -0.1) is 0 Å². The third-order valence-corrected chi connectivity index (χ3v) is 5.88. The summed E-state index contributed by atoms with van der Waals surface area (Å²) in [5.41, 5.74) is 10.5. The fourth-order valence-corrected chi connectivity index (χ4v) is 4.72. The lowest BCUT2D eigenvalue weighted by Crippen LogP contribution is -2.49. The maximum absolute atomic E-state index is 13.3. The van der Waals surface area contributed by atoms with E-state index in [2.05, 4.69) is 21.4 Å². The van der Waals surface area contributed by atoms with Crippen molar-refractivity contribution in [1.29, 1.82) is 0 Å². The smallest absolute Gasteiger partial charge is 0.240 e. The van der Waals surface area contributed by atoms with E-state index in [0.29, 0.717) is 12.3 Å². The second-order valence-electron chi connectivity index (χ2n) is 9.24. The molecule has 1 saturated carbocycles. The van der Waals surface area contributed by atoms with Crippen molar-refractivity contribution in [2.24, 2.45) is 11.0 Å². The first-order valence-corrected chi connectivity index (χ1v) is 10.6. The highest BCUT2D eigenvalue weighted by Crippen LogP contribution is 2.44. The number of azide groups is 1. The molecular weight excluding hydrogens is 366 g/mol. The molecule has 1 aliphatic carbocycles. The van der Waals surface area contributed by atoms with Crippen LogP contribution in [0.4, 0.5) is 5.69 Å². The molecule has 1 aromatic carbocycles. The van der Waals surface area contributed by atoms with Crippen LogP contribution in [0, 0.1) is 5.92 Å². The highest BCUT2D eigenvalue weighted by atomic mass is 16.2. The summed E-state index contributed by atoms with van der Waals surface area (Å²) in [5, 5.41) is 6.77. The molecule has 0 aromatic heterocycles. The first kappa shape index (κ1) is 21.2. The number of carbonyl (C=O) groups is 2. The average molecular weight is 398 g/mol. The van der Waals surface area contributed by atoms with Crippen molar-refractivity contribution in [3.8, 4) is 0 Å². The zero-order valence-electron chi connectivity index (χ0n) is 17.6. The Morgan fingerprint density at radius 3 is 2.59 bits per heavy atom. The minimum Gasteiger partial charge on any atom is -0.350 e. The number of carbonyl (C=O) groups excluding carboxylic acids is 2. The lowest BCUT2D eigenvalue weighted by atomic mass is 9.74. The van der Waals surface area contributed by atoms with Crippen molar-refractivity contribution in [2.45, 2.75) is 76.8 Å². The Bertz CT molecular complexity index is 804. The maximum atomic E-state index is 13.3. The third-order valence-electron chi connectivity index (χ3n) is 5.88. The van der Waals surface area contributed by atoms with Gasteiger partial charge in [-0.2, -0.15) is 0 Å². The standard InChI is InChI=1S/C22H31N5O2/c1-22(2,3)24-20(28)14-27-19-12-8-7-11-16(19)17(15-9-5-4-6-10-15)13-18(21(27)29)25-26-23/h7-8,11-12,15,17-18H,4-6,9-10,13-14H2,1-3H3,(H,24,28). The molecule has 1 aliphatic heterocycles. The SMILES string of the molecule is CC(C)(C)NC(=O)CN1C(=O)C(N=[N+]=[N-])CC(C2CCCCC2)c2ccccc21. The van der Waals surface area contributed by atoms with Crippen LogP contribution in [-0.4, -0.2) is 29.9 Å². The number of fused-ring (bicyclic) bond motifs is 1. The van der Waals surface area contributed by atoms with E-state index in [4.69, 9.17) is 5.53 Å². The second kappa shape index (κ2) is 8.87. The summed E-state index contributed by atoms with van der Waals surface area (Å²) in [4.78, 5) is 30.4. The Labute approximate surface area is 172 Å². The lowest BCUT2D eigenvalue weighted by Gasteiger charge is -2.31. The zero-order valence-corrected chi connectivity index (χ0v) is 17.6. The molecule has 0 bridgehead atoms. The molecule has 0 spiro atoms. The van der Waals surface area contributed by atoms with Crippen LogP contribution in [0.2, 0.25) is 0 Å². The third kappa shape index (κ3) is 5.10. The number of nitrogens with zero attached hydrogens (tertiary/aromatic N) is 4. The van der Waals surface area contributed by atoms with Gasteiger partial charge in [-0.1, -0.05) is 42.6 Å². The van der Waals surface area contributed by atoms with Crippen LogP contribution < -0.4 is 10.2 Å². The largest absolute Gasteiger partial charge is 0.350 e. The number of benzene rings is 1. The van der Waals surface area contributed by atoms with Crippen molar-refractivity contribution < 1.29 is 9.59 Å². The van der Waals surface area contributed by atoms with E-state index < -0.39 is 6.04 Å². The molecule has 3 rings (SSSR count). The highest BCUT2D eigenvalue weighted by Gasteiger charge is 2.38. The predicted octanol–water partition coefficient (Wildman–Crippen LogP) is 4.68. The summed E-state index contributed by atoms with van der Waals surface area (Å²) in [7, 11) is 0. The number of para-hydroxylation sites is 1. The Balaban J connectivity index is 2.00. The van der Waals surface area contributed by atoms with Crippen molar-refractivity contribution in [3.05, 3.63) is 40.3 Å². The topological polar surface area (TPSA) is 98.2 Å². The summed E-state index contributed by atoms with van der Waals surface area (Å²) in [5.74, 6) is 0.105. The van der Waals surface area contributed by atoms with E-state index in [-0.39, 0.29) is 29.8 Å². The molecule has 1 N–H and O–H groups in total. The van der Waals surface area contributed by atoms with Crippen LogP contribution in [0.5, 0.6) is 0 Å². The summed E-state index contributed by atoms with van der Waals surface area (Å²) in [6.07, 6.45) is 6.40. The van der Waals surface area contributed by atoms with Crippen LogP contribution in [0.1, 0.15) is 70.8 Å². The van der Waals surface area contributed by atoms with Gasteiger partial charge in [0.1, 0.15) is 12.6 Å². The van der Waals surface area contributed by atoms with Gasteiger partial charge in [-0.25, -0.2) is 0 Å². The second-order valence-corrected chi connectivity index (χ2v) is 9.24. The molecule has 2 unspecified atom stereocenters. The van der Waals surface area contributed by atoms with Crippen molar-refractivity contribution in [1.82, 2.24) is 5.32 Å². The van der Waals surface area contributed by atoms with Gasteiger partial charge in [-0.05, 0) is 69.0 Å². The number of nitrogens with one attached hydrogen (secondary N) is 1. The highest BCUT2D eigenvalue weighted by molar-refractivity contribution is 6.03. The number of hydrogen-bond donors (Lipinski definition) is 1. The molecule has 2 amide bonds. The molecule has 29 heavy (non-hydrogen) atoms. The van der Waals surface area contributed by atoms with Crippen molar-refractivity contribution >= 4 is 17.5 Å². The predicted molar refractivity (Wildman–Crippen MR) is 114 cm³/mol. The van der Waals surface area contributed by atoms with Crippen LogP contribution in [0.3, 0.4) is 0 Å². The molecule has 1 fully saturated rings. The van der Waals surface area contributed by atoms with E-state index in [0.717, 1.165) is 24.1 Å². The van der Waals surface area contributed by atoms with Gasteiger partial charge >= 0.3 is 0 Å². The van der Waals surface area contributed by atoms with Crippen LogP contribution in [0.25, 0.3) is 10.4 Å². The minimum atomic E-state index is -0.790. The maximum Gasteiger partial charge on any atom is 0.240 e. The molecule has 7 heteroatoms. The number of hydrogen-bond acceptors (Lipinski definition) is 3. The molecule has 7 nitrogen and oxygen atoms in total. The van der Waals surface area contributed by atoms with Gasteiger partial charge in [0.25, 0.3) is 0 Å². The summed E-state index contributed by atoms with van der Waals surface area (Å²) in [6, 6.07) is 7.07. The van der Waals surface area contributed by atoms with Gasteiger partial charge in [0.15, 0.2) is 0 Å². The molecule has 156 valence electrons. The van der Waals surface area contributed by atoms with Crippen molar-refractivity contribution in [3.63, 3.8) is 0 Å². The van der Waals surface area contributed by atoms with Gasteiger partial charge in [0.05, 0.1) is 0 Å².